The summed E-state index contributed by atoms with van der Waals surface area (Å²) >= 11 is 0. The van der Waals surface area contributed by atoms with Gasteiger partial charge in [0.05, 0.1) is 0 Å². The van der Waals surface area contributed by atoms with E-state index in [9.17, 15) is 0 Å². The second-order valence-corrected chi connectivity index (χ2v) is 4.14. The minimum Gasteiger partial charge on any atom is -0.301 e. The second-order valence-electron chi connectivity index (χ2n) is 4.14. The van der Waals surface area contributed by atoms with Crippen molar-refractivity contribution in [2.75, 3.05) is 39.3 Å². The van der Waals surface area contributed by atoms with Crippen LogP contribution >= 0.6 is 0 Å². The molecule has 0 N–H and O–H groups in total. The highest BCUT2D eigenvalue weighted by Gasteiger charge is 2.14. The maximum atomic E-state index is 3.78. The van der Waals surface area contributed by atoms with E-state index >= 15 is 0 Å². The zero-order valence-corrected chi connectivity index (χ0v) is 9.54. The Labute approximate surface area is 88.6 Å². The van der Waals surface area contributed by atoms with Crippen LogP contribution in [0.5, 0.6) is 0 Å². The van der Waals surface area contributed by atoms with Crippen LogP contribution in [0, 0.1) is 0 Å². The van der Waals surface area contributed by atoms with Gasteiger partial charge in [0.15, 0.2) is 0 Å². The highest BCUT2D eigenvalue weighted by atomic mass is 15.3. The normalized spacial score (nSPS) is 19.8. The van der Waals surface area contributed by atoms with Gasteiger partial charge in [-0.2, -0.15) is 0 Å². The zero-order valence-electron chi connectivity index (χ0n) is 9.54. The summed E-state index contributed by atoms with van der Waals surface area (Å²) in [6.45, 7) is 13.3. The van der Waals surface area contributed by atoms with Crippen LogP contribution in [0.25, 0.3) is 0 Å². The molecule has 0 saturated carbocycles. The molecule has 0 unspecified atom stereocenters. The largest absolute Gasteiger partial charge is 0.301 e. The van der Waals surface area contributed by atoms with Crippen LogP contribution in [-0.4, -0.2) is 49.1 Å². The van der Waals surface area contributed by atoms with Gasteiger partial charge in [0.1, 0.15) is 0 Å². The SMILES string of the molecule is C=CCN1CCN(CCCCC)CC1. The molecule has 0 aromatic rings. The van der Waals surface area contributed by atoms with Gasteiger partial charge in [0, 0.05) is 32.7 Å². The molecule has 1 aliphatic rings. The Morgan fingerprint density at radius 3 is 2.29 bits per heavy atom. The van der Waals surface area contributed by atoms with Crippen molar-refractivity contribution >= 4 is 0 Å². The molecule has 2 nitrogen and oxygen atoms in total. The predicted octanol–water partition coefficient (Wildman–Crippen LogP) is 1.98. The highest BCUT2D eigenvalue weighted by molar-refractivity contribution is 4.78. The molecule has 0 aromatic carbocycles. The van der Waals surface area contributed by atoms with Gasteiger partial charge >= 0.3 is 0 Å². The smallest absolute Gasteiger partial charge is 0.0161 e. The van der Waals surface area contributed by atoms with Crippen molar-refractivity contribution in [1.29, 1.82) is 0 Å². The molecule has 1 aliphatic heterocycles. The molecule has 0 radical (unpaired) electrons. The Morgan fingerprint density at radius 2 is 1.71 bits per heavy atom. The van der Waals surface area contributed by atoms with E-state index in [0.29, 0.717) is 0 Å². The van der Waals surface area contributed by atoms with Gasteiger partial charge in [-0.3, -0.25) is 4.90 Å². The average molecular weight is 196 g/mol. The van der Waals surface area contributed by atoms with E-state index in [0.717, 1.165) is 6.54 Å². The molecule has 0 bridgehead atoms. The Bertz CT molecular complexity index is 148. The summed E-state index contributed by atoms with van der Waals surface area (Å²) in [5.41, 5.74) is 0. The first kappa shape index (κ1) is 11.7. The monoisotopic (exact) mass is 196 g/mol. The van der Waals surface area contributed by atoms with E-state index in [1.165, 1.54) is 52.0 Å². The van der Waals surface area contributed by atoms with Crippen LogP contribution in [0.4, 0.5) is 0 Å². The topological polar surface area (TPSA) is 6.48 Å². The Balaban J connectivity index is 2.06. The first-order valence-corrected chi connectivity index (χ1v) is 5.92. The maximum Gasteiger partial charge on any atom is 0.0161 e. The Kier molecular flexibility index (Phi) is 5.88. The van der Waals surface area contributed by atoms with Gasteiger partial charge in [-0.15, -0.1) is 6.58 Å². The third-order valence-electron chi connectivity index (χ3n) is 2.93. The standard InChI is InChI=1S/C12H24N2/c1-3-5-6-8-14-11-9-13(7-4-2)10-12-14/h4H,2-3,5-12H2,1H3. The van der Waals surface area contributed by atoms with Crippen LogP contribution in [0.2, 0.25) is 0 Å². The lowest BCUT2D eigenvalue weighted by Crippen LogP contribution is -2.46. The summed E-state index contributed by atoms with van der Waals surface area (Å²) in [5.74, 6) is 0. The van der Waals surface area contributed by atoms with Gasteiger partial charge in [-0.1, -0.05) is 25.8 Å². The van der Waals surface area contributed by atoms with E-state index in [4.69, 9.17) is 0 Å². The Morgan fingerprint density at radius 1 is 1.07 bits per heavy atom. The van der Waals surface area contributed by atoms with E-state index in [-0.39, 0.29) is 0 Å². The Hall–Kier alpha value is -0.340. The molecule has 82 valence electrons. The number of piperazine rings is 1. The van der Waals surface area contributed by atoms with E-state index in [1.807, 2.05) is 6.08 Å². The van der Waals surface area contributed by atoms with Crippen molar-refractivity contribution in [3.8, 4) is 0 Å². The molecular formula is C12H24N2. The fourth-order valence-corrected chi connectivity index (χ4v) is 1.96. The molecule has 1 rings (SSSR count). The minimum absolute atomic E-state index is 1.06. The van der Waals surface area contributed by atoms with Crippen molar-refractivity contribution < 1.29 is 0 Å². The zero-order chi connectivity index (χ0) is 10.2. The number of rotatable bonds is 6. The first-order valence-electron chi connectivity index (χ1n) is 5.92. The van der Waals surface area contributed by atoms with Gasteiger partial charge in [0.2, 0.25) is 0 Å². The van der Waals surface area contributed by atoms with Crippen LogP contribution in [-0.2, 0) is 0 Å². The fourth-order valence-electron chi connectivity index (χ4n) is 1.96. The summed E-state index contributed by atoms with van der Waals surface area (Å²) in [6.07, 6.45) is 6.09. The molecule has 2 heteroatoms. The van der Waals surface area contributed by atoms with E-state index in [2.05, 4.69) is 23.3 Å². The lowest BCUT2D eigenvalue weighted by molar-refractivity contribution is 0.141. The van der Waals surface area contributed by atoms with Crippen molar-refractivity contribution in [2.24, 2.45) is 0 Å². The summed E-state index contributed by atoms with van der Waals surface area (Å²) < 4.78 is 0. The van der Waals surface area contributed by atoms with Crippen LogP contribution in [0.15, 0.2) is 12.7 Å². The lowest BCUT2D eigenvalue weighted by atomic mass is 10.2. The van der Waals surface area contributed by atoms with Gasteiger partial charge in [-0.05, 0) is 13.0 Å². The third-order valence-corrected chi connectivity index (χ3v) is 2.93. The molecule has 1 heterocycles. The molecule has 0 aromatic heterocycles. The number of hydrogen-bond donors (Lipinski definition) is 0. The molecule has 1 saturated heterocycles. The predicted molar refractivity (Wildman–Crippen MR) is 62.6 cm³/mol. The van der Waals surface area contributed by atoms with Crippen molar-refractivity contribution in [3.05, 3.63) is 12.7 Å². The van der Waals surface area contributed by atoms with Gasteiger partial charge in [0.25, 0.3) is 0 Å². The van der Waals surface area contributed by atoms with Crippen LogP contribution in [0.1, 0.15) is 26.2 Å². The highest BCUT2D eigenvalue weighted by Crippen LogP contribution is 2.04. The third kappa shape index (κ3) is 4.25. The summed E-state index contributed by atoms with van der Waals surface area (Å²) in [5, 5.41) is 0. The molecule has 14 heavy (non-hydrogen) atoms. The quantitative estimate of drug-likeness (QED) is 0.473. The molecule has 0 amide bonds. The minimum atomic E-state index is 1.06. The van der Waals surface area contributed by atoms with Crippen molar-refractivity contribution in [1.82, 2.24) is 9.80 Å². The molecule has 0 spiro atoms. The molecule has 0 aliphatic carbocycles. The fraction of sp³-hybridized carbons (Fsp3) is 0.833. The van der Waals surface area contributed by atoms with Crippen molar-refractivity contribution in [2.45, 2.75) is 26.2 Å². The molecule has 0 atom stereocenters. The lowest BCUT2D eigenvalue weighted by Gasteiger charge is -2.34. The number of hydrogen-bond acceptors (Lipinski definition) is 2. The molecular weight excluding hydrogens is 172 g/mol. The summed E-state index contributed by atoms with van der Waals surface area (Å²) in [4.78, 5) is 5.07. The van der Waals surface area contributed by atoms with E-state index in [1.54, 1.807) is 0 Å². The van der Waals surface area contributed by atoms with Crippen LogP contribution < -0.4 is 0 Å². The first-order chi connectivity index (χ1) is 6.86. The maximum absolute atomic E-state index is 3.78. The summed E-state index contributed by atoms with van der Waals surface area (Å²) in [7, 11) is 0. The second kappa shape index (κ2) is 7.02. The average Bonchev–Trinajstić information content (AvgIpc) is 2.21. The molecule has 1 fully saturated rings. The van der Waals surface area contributed by atoms with E-state index < -0.39 is 0 Å². The van der Waals surface area contributed by atoms with Crippen LogP contribution in [0.3, 0.4) is 0 Å². The number of unbranched alkanes of at least 4 members (excludes halogenated alkanes) is 2. The van der Waals surface area contributed by atoms with Gasteiger partial charge < -0.3 is 4.90 Å². The summed E-state index contributed by atoms with van der Waals surface area (Å²) in [6, 6.07) is 0. The van der Waals surface area contributed by atoms with Gasteiger partial charge in [-0.25, -0.2) is 0 Å². The number of nitrogens with zero attached hydrogens (tertiary/aromatic N) is 2. The van der Waals surface area contributed by atoms with Crippen molar-refractivity contribution in [3.63, 3.8) is 0 Å².